The van der Waals surface area contributed by atoms with E-state index in [1.807, 2.05) is 0 Å². The van der Waals surface area contributed by atoms with Crippen LogP contribution in [-0.4, -0.2) is 24.2 Å². The van der Waals surface area contributed by atoms with Gasteiger partial charge in [0.05, 0.1) is 16.1 Å². The van der Waals surface area contributed by atoms with E-state index in [0.29, 0.717) is 15.9 Å². The van der Waals surface area contributed by atoms with Crippen LogP contribution >= 0.6 is 34.8 Å². The molecule has 1 aliphatic rings. The molecule has 1 fully saturated rings. The summed E-state index contributed by atoms with van der Waals surface area (Å²) < 4.78 is 5.40. The molecule has 2 unspecified atom stereocenters. The zero-order valence-corrected chi connectivity index (χ0v) is 12.7. The van der Waals surface area contributed by atoms with Gasteiger partial charge in [0, 0.05) is 18.6 Å². The van der Waals surface area contributed by atoms with E-state index < -0.39 is 0 Å². The summed E-state index contributed by atoms with van der Waals surface area (Å²) in [4.78, 5) is 4.16. The van der Waals surface area contributed by atoms with Crippen LogP contribution in [0.15, 0.2) is 6.07 Å². The summed E-state index contributed by atoms with van der Waals surface area (Å²) in [5.74, 6) is 0.568. The van der Waals surface area contributed by atoms with Gasteiger partial charge in [0.1, 0.15) is 11.0 Å². The lowest BCUT2D eigenvalue weighted by molar-refractivity contribution is -0.0795. The first-order valence-corrected chi connectivity index (χ1v) is 6.80. The van der Waals surface area contributed by atoms with E-state index in [-0.39, 0.29) is 22.7 Å². The van der Waals surface area contributed by atoms with Crippen molar-refractivity contribution < 1.29 is 4.74 Å². The van der Waals surface area contributed by atoms with Gasteiger partial charge in [-0.05, 0) is 12.5 Å². The maximum absolute atomic E-state index is 6.09. The summed E-state index contributed by atoms with van der Waals surface area (Å²) in [5.41, 5.74) is 0.0336. The molecule has 0 radical (unpaired) electrons. The van der Waals surface area contributed by atoms with Gasteiger partial charge in [-0.1, -0.05) is 48.7 Å². The van der Waals surface area contributed by atoms with Crippen molar-refractivity contribution in [2.75, 3.05) is 12.4 Å². The molecule has 0 spiro atoms. The Morgan fingerprint density at radius 2 is 2.00 bits per heavy atom. The van der Waals surface area contributed by atoms with Gasteiger partial charge in [0.15, 0.2) is 0 Å². The average Bonchev–Trinajstić information content (AvgIpc) is 2.30. The number of nitrogens with one attached hydrogen (secondary N) is 1. The fourth-order valence-electron chi connectivity index (χ4n) is 2.24. The minimum Gasteiger partial charge on any atom is -0.381 e. The van der Waals surface area contributed by atoms with E-state index in [1.54, 1.807) is 13.2 Å². The van der Waals surface area contributed by atoms with Gasteiger partial charge in [-0.3, -0.25) is 0 Å². The van der Waals surface area contributed by atoms with E-state index in [0.717, 1.165) is 6.42 Å². The Balaban J connectivity index is 2.14. The highest BCUT2D eigenvalue weighted by Gasteiger charge is 2.48. The van der Waals surface area contributed by atoms with Crippen LogP contribution < -0.4 is 5.32 Å². The third kappa shape index (κ3) is 2.42. The molecule has 0 aromatic carbocycles. The maximum Gasteiger partial charge on any atom is 0.150 e. The molecule has 3 nitrogen and oxygen atoms in total. The minimum absolute atomic E-state index is 0.0336. The van der Waals surface area contributed by atoms with E-state index in [1.165, 1.54) is 0 Å². The predicted octanol–water partition coefficient (Wildman–Crippen LogP) is 4.27. The number of aromatic nitrogens is 1. The van der Waals surface area contributed by atoms with Crippen LogP contribution in [0.4, 0.5) is 5.82 Å². The second-order valence-electron chi connectivity index (χ2n) is 5.07. The third-order valence-corrected chi connectivity index (χ3v) is 4.62. The van der Waals surface area contributed by atoms with Crippen molar-refractivity contribution in [3.63, 3.8) is 0 Å². The number of halogens is 3. The molecular weight excluding hydrogens is 295 g/mol. The predicted molar refractivity (Wildman–Crippen MR) is 75.9 cm³/mol. The van der Waals surface area contributed by atoms with Gasteiger partial charge in [-0.25, -0.2) is 4.98 Å². The second-order valence-corrected chi connectivity index (χ2v) is 6.24. The summed E-state index contributed by atoms with van der Waals surface area (Å²) in [6.45, 7) is 4.29. The highest BCUT2D eigenvalue weighted by atomic mass is 35.5. The molecule has 100 valence electrons. The highest BCUT2D eigenvalue weighted by Crippen LogP contribution is 2.44. The lowest BCUT2D eigenvalue weighted by atomic mass is 9.64. The van der Waals surface area contributed by atoms with Crippen LogP contribution in [0.1, 0.15) is 20.3 Å². The molecule has 1 aromatic rings. The summed E-state index contributed by atoms with van der Waals surface area (Å²) in [6.07, 6.45) is 1.17. The zero-order valence-electron chi connectivity index (χ0n) is 10.4. The van der Waals surface area contributed by atoms with Crippen molar-refractivity contribution in [3.05, 3.63) is 21.3 Å². The molecular formula is C12H15Cl3N2O. The number of pyridine rings is 1. The lowest BCUT2D eigenvalue weighted by Crippen LogP contribution is -2.57. The number of hydrogen-bond donors (Lipinski definition) is 1. The Labute approximate surface area is 122 Å². The van der Waals surface area contributed by atoms with E-state index in [9.17, 15) is 0 Å². The fraction of sp³-hybridized carbons (Fsp3) is 0.583. The van der Waals surface area contributed by atoms with Crippen LogP contribution in [-0.2, 0) is 4.74 Å². The number of ether oxygens (including phenoxy) is 1. The third-order valence-electron chi connectivity index (χ3n) is 3.66. The van der Waals surface area contributed by atoms with Gasteiger partial charge < -0.3 is 10.1 Å². The van der Waals surface area contributed by atoms with E-state index >= 15 is 0 Å². The standard InChI is InChI=1S/C12H15Cl3N2O/c1-12(2)8(5-9(12)18-3)16-11-7(14)4-6(13)10(15)17-11/h4,8-9H,5H2,1-3H3,(H,16,17). The highest BCUT2D eigenvalue weighted by molar-refractivity contribution is 6.42. The molecule has 2 atom stereocenters. The molecule has 1 N–H and O–H groups in total. The minimum atomic E-state index is 0.0336. The molecule has 6 heteroatoms. The zero-order chi connectivity index (χ0) is 13.5. The van der Waals surface area contributed by atoms with Crippen molar-refractivity contribution in [3.8, 4) is 0 Å². The summed E-state index contributed by atoms with van der Waals surface area (Å²) in [5, 5.41) is 4.39. The molecule has 1 aliphatic carbocycles. The van der Waals surface area contributed by atoms with Gasteiger partial charge in [-0.2, -0.15) is 0 Å². The number of hydrogen-bond acceptors (Lipinski definition) is 3. The molecule has 0 aliphatic heterocycles. The maximum atomic E-state index is 6.09. The lowest BCUT2D eigenvalue weighted by Gasteiger charge is -2.51. The van der Waals surface area contributed by atoms with Crippen molar-refractivity contribution in [2.24, 2.45) is 5.41 Å². The Morgan fingerprint density at radius 1 is 1.33 bits per heavy atom. The molecule has 18 heavy (non-hydrogen) atoms. The van der Waals surface area contributed by atoms with Crippen molar-refractivity contribution in [1.82, 2.24) is 4.98 Å². The molecule has 1 heterocycles. The first kappa shape index (κ1) is 14.2. The van der Waals surface area contributed by atoms with Gasteiger partial charge in [0.2, 0.25) is 0 Å². The summed E-state index contributed by atoms with van der Waals surface area (Å²) in [6, 6.07) is 1.85. The average molecular weight is 310 g/mol. The molecule has 2 rings (SSSR count). The largest absolute Gasteiger partial charge is 0.381 e. The molecule has 1 saturated carbocycles. The smallest absolute Gasteiger partial charge is 0.150 e. The Bertz CT molecular complexity index is 465. The quantitative estimate of drug-likeness (QED) is 0.847. The number of methoxy groups -OCH3 is 1. The van der Waals surface area contributed by atoms with Gasteiger partial charge in [-0.15, -0.1) is 0 Å². The molecule has 0 bridgehead atoms. The summed E-state index contributed by atoms with van der Waals surface area (Å²) in [7, 11) is 1.73. The first-order valence-electron chi connectivity index (χ1n) is 5.67. The molecule has 0 amide bonds. The van der Waals surface area contributed by atoms with E-state index in [2.05, 4.69) is 24.1 Å². The normalized spacial score (nSPS) is 25.7. The van der Waals surface area contributed by atoms with E-state index in [4.69, 9.17) is 39.5 Å². The fourth-order valence-corrected chi connectivity index (χ4v) is 2.79. The van der Waals surface area contributed by atoms with Crippen LogP contribution in [0.2, 0.25) is 15.2 Å². The number of anilines is 1. The Morgan fingerprint density at radius 3 is 2.56 bits per heavy atom. The first-order chi connectivity index (χ1) is 8.36. The summed E-state index contributed by atoms with van der Waals surface area (Å²) >= 11 is 17.8. The second kappa shape index (κ2) is 5.04. The van der Waals surface area contributed by atoms with Gasteiger partial charge >= 0.3 is 0 Å². The number of nitrogens with zero attached hydrogens (tertiary/aromatic N) is 1. The Kier molecular flexibility index (Phi) is 3.98. The van der Waals surface area contributed by atoms with Crippen LogP contribution in [0.3, 0.4) is 0 Å². The molecule has 0 saturated heterocycles. The van der Waals surface area contributed by atoms with Gasteiger partial charge in [0.25, 0.3) is 0 Å². The van der Waals surface area contributed by atoms with Crippen LogP contribution in [0, 0.1) is 5.41 Å². The molecule has 1 aromatic heterocycles. The van der Waals surface area contributed by atoms with Crippen molar-refractivity contribution in [1.29, 1.82) is 0 Å². The monoisotopic (exact) mass is 308 g/mol. The van der Waals surface area contributed by atoms with Crippen molar-refractivity contribution >= 4 is 40.6 Å². The van der Waals surface area contributed by atoms with Crippen LogP contribution in [0.25, 0.3) is 0 Å². The Hall–Kier alpha value is -0.220. The SMILES string of the molecule is COC1CC(Nc2nc(Cl)c(Cl)cc2Cl)C1(C)C. The topological polar surface area (TPSA) is 34.1 Å². The van der Waals surface area contributed by atoms with Crippen LogP contribution in [0.5, 0.6) is 0 Å². The number of rotatable bonds is 3. The van der Waals surface area contributed by atoms with Crippen molar-refractivity contribution in [2.45, 2.75) is 32.4 Å².